The van der Waals surface area contributed by atoms with Gasteiger partial charge in [0.15, 0.2) is 0 Å². The summed E-state index contributed by atoms with van der Waals surface area (Å²) in [7, 11) is 0. The summed E-state index contributed by atoms with van der Waals surface area (Å²) in [6.07, 6.45) is 4.54. The van der Waals surface area contributed by atoms with Crippen molar-refractivity contribution in [2.24, 2.45) is 0 Å². The molecule has 5 rings (SSSR count). The number of fused-ring (bicyclic) bond motifs is 2. The van der Waals surface area contributed by atoms with Gasteiger partial charge in [-0.2, -0.15) is 0 Å². The fraction of sp³-hybridized carbons (Fsp3) is 0.381. The van der Waals surface area contributed by atoms with Gasteiger partial charge >= 0.3 is 0 Å². The summed E-state index contributed by atoms with van der Waals surface area (Å²) >= 11 is 8.00. The van der Waals surface area contributed by atoms with Crippen molar-refractivity contribution < 1.29 is 9.15 Å². The van der Waals surface area contributed by atoms with E-state index in [1.165, 1.54) is 10.4 Å². The molecule has 1 N–H and O–H groups in total. The highest BCUT2D eigenvalue weighted by atomic mass is 35.5. The minimum atomic E-state index is -0.291. The van der Waals surface area contributed by atoms with Crippen LogP contribution in [0.4, 0.5) is 0 Å². The predicted octanol–water partition coefficient (Wildman–Crippen LogP) is 5.34. The van der Waals surface area contributed by atoms with E-state index in [1.807, 2.05) is 36.5 Å². The number of benzene rings is 1. The van der Waals surface area contributed by atoms with Gasteiger partial charge in [0.1, 0.15) is 11.4 Å². The first kappa shape index (κ1) is 17.4. The molecule has 0 saturated carbocycles. The van der Waals surface area contributed by atoms with Gasteiger partial charge in [0.05, 0.1) is 23.2 Å². The van der Waals surface area contributed by atoms with Gasteiger partial charge in [-0.1, -0.05) is 29.8 Å². The van der Waals surface area contributed by atoms with Gasteiger partial charge < -0.3 is 14.5 Å². The lowest BCUT2D eigenvalue weighted by Crippen LogP contribution is -2.49. The molecule has 4 heterocycles. The molecule has 4 nitrogen and oxygen atoms in total. The van der Waals surface area contributed by atoms with Crippen LogP contribution in [0.5, 0.6) is 0 Å². The molecular weight excluding hydrogens is 380 g/mol. The van der Waals surface area contributed by atoms with Crippen LogP contribution in [0.3, 0.4) is 0 Å². The number of aromatic nitrogens is 1. The second-order valence-electron chi connectivity index (χ2n) is 7.46. The lowest BCUT2D eigenvalue weighted by Gasteiger charge is -2.45. The fourth-order valence-electron chi connectivity index (χ4n) is 4.41. The molecule has 1 spiro atoms. The van der Waals surface area contributed by atoms with Crippen LogP contribution in [0.15, 0.2) is 47.0 Å². The smallest absolute Gasteiger partial charge is 0.226 e. The zero-order chi connectivity index (χ0) is 18.4. The minimum absolute atomic E-state index is 0.0607. The highest BCUT2D eigenvalue weighted by Gasteiger charge is 2.46. The van der Waals surface area contributed by atoms with Gasteiger partial charge in [-0.15, -0.1) is 11.3 Å². The Morgan fingerprint density at radius 1 is 1.26 bits per heavy atom. The second-order valence-corrected chi connectivity index (χ2v) is 9.14. The molecule has 0 bridgehead atoms. The highest BCUT2D eigenvalue weighted by Crippen LogP contribution is 2.50. The normalized spacial score (nSPS) is 27.6. The number of piperidine rings is 1. The van der Waals surface area contributed by atoms with Crippen LogP contribution in [0.1, 0.15) is 42.0 Å². The highest BCUT2D eigenvalue weighted by molar-refractivity contribution is 7.16. The van der Waals surface area contributed by atoms with Crippen molar-refractivity contribution in [3.8, 4) is 11.5 Å². The quantitative estimate of drug-likeness (QED) is 0.630. The fourth-order valence-corrected chi connectivity index (χ4v) is 5.87. The van der Waals surface area contributed by atoms with Crippen molar-refractivity contribution in [1.82, 2.24) is 10.3 Å². The Morgan fingerprint density at radius 3 is 2.96 bits per heavy atom. The molecule has 0 aliphatic carbocycles. The number of rotatable bonds is 2. The van der Waals surface area contributed by atoms with Crippen LogP contribution in [-0.4, -0.2) is 17.6 Å². The maximum Gasteiger partial charge on any atom is 0.226 e. The molecule has 2 aromatic heterocycles. The third-order valence-corrected chi connectivity index (χ3v) is 6.98. The maximum absolute atomic E-state index is 6.41. The SMILES string of the molecule is CC1CC2(CC(c3cnc(-c4ccccc4)o3)N1)OCCc1cc(Cl)sc12. The van der Waals surface area contributed by atoms with E-state index in [1.54, 1.807) is 11.3 Å². The van der Waals surface area contributed by atoms with E-state index in [2.05, 4.69) is 23.3 Å². The van der Waals surface area contributed by atoms with Crippen LogP contribution in [-0.2, 0) is 16.8 Å². The van der Waals surface area contributed by atoms with Crippen molar-refractivity contribution in [3.05, 3.63) is 63.1 Å². The van der Waals surface area contributed by atoms with E-state index in [0.717, 1.165) is 41.5 Å². The molecule has 2 aliphatic rings. The standard InChI is InChI=1S/C21H21ClN2O2S/c1-13-10-21(19-15(7-8-25-21)9-18(22)27-19)11-16(24-13)17-12-23-20(26-17)14-5-3-2-4-6-14/h2-6,9,12-13,16,24H,7-8,10-11H2,1H3. The van der Waals surface area contributed by atoms with E-state index in [9.17, 15) is 0 Å². The third kappa shape index (κ3) is 3.13. The molecule has 27 heavy (non-hydrogen) atoms. The Hall–Kier alpha value is -1.66. The molecule has 1 aromatic carbocycles. The second kappa shape index (κ2) is 6.74. The Bertz CT molecular complexity index is 954. The first-order valence-corrected chi connectivity index (χ1v) is 10.5. The van der Waals surface area contributed by atoms with E-state index in [4.69, 9.17) is 20.8 Å². The maximum atomic E-state index is 6.41. The van der Waals surface area contributed by atoms with Crippen LogP contribution in [0, 0.1) is 0 Å². The monoisotopic (exact) mass is 400 g/mol. The lowest BCUT2D eigenvalue weighted by atomic mass is 9.79. The van der Waals surface area contributed by atoms with Gasteiger partial charge in [0.2, 0.25) is 5.89 Å². The van der Waals surface area contributed by atoms with Gasteiger partial charge in [-0.25, -0.2) is 4.98 Å². The van der Waals surface area contributed by atoms with Gasteiger partial charge in [0.25, 0.3) is 0 Å². The number of thiophene rings is 1. The Kier molecular flexibility index (Phi) is 4.36. The summed E-state index contributed by atoms with van der Waals surface area (Å²) < 4.78 is 13.4. The molecule has 0 radical (unpaired) electrons. The summed E-state index contributed by atoms with van der Waals surface area (Å²) in [5.74, 6) is 1.52. The summed E-state index contributed by atoms with van der Waals surface area (Å²) in [5, 5.41) is 3.66. The number of oxazole rings is 1. The van der Waals surface area contributed by atoms with Crippen LogP contribution >= 0.6 is 22.9 Å². The topological polar surface area (TPSA) is 47.3 Å². The molecule has 1 fully saturated rings. The summed E-state index contributed by atoms with van der Waals surface area (Å²) in [4.78, 5) is 5.79. The number of halogens is 1. The number of hydrogen-bond acceptors (Lipinski definition) is 5. The van der Waals surface area contributed by atoms with E-state index < -0.39 is 0 Å². The van der Waals surface area contributed by atoms with Crippen molar-refractivity contribution in [2.75, 3.05) is 6.61 Å². The lowest BCUT2D eigenvalue weighted by molar-refractivity contribution is -0.0969. The molecule has 1 saturated heterocycles. The van der Waals surface area contributed by atoms with Crippen molar-refractivity contribution in [1.29, 1.82) is 0 Å². The first-order valence-electron chi connectivity index (χ1n) is 9.33. The van der Waals surface area contributed by atoms with Gasteiger partial charge in [-0.05, 0) is 43.5 Å². The van der Waals surface area contributed by atoms with Crippen molar-refractivity contribution in [3.63, 3.8) is 0 Å². The number of nitrogens with one attached hydrogen (secondary N) is 1. The Morgan fingerprint density at radius 2 is 2.11 bits per heavy atom. The number of nitrogens with zero attached hydrogens (tertiary/aromatic N) is 1. The molecule has 3 atom stereocenters. The Balaban J connectivity index is 1.48. The van der Waals surface area contributed by atoms with E-state index in [-0.39, 0.29) is 11.6 Å². The van der Waals surface area contributed by atoms with Crippen LogP contribution in [0.2, 0.25) is 4.34 Å². The third-order valence-electron chi connectivity index (χ3n) is 5.49. The minimum Gasteiger partial charge on any atom is -0.440 e. The van der Waals surface area contributed by atoms with Gasteiger partial charge in [-0.3, -0.25) is 0 Å². The first-order chi connectivity index (χ1) is 13.1. The van der Waals surface area contributed by atoms with E-state index in [0.29, 0.717) is 11.9 Å². The molecule has 3 aromatic rings. The average Bonchev–Trinajstić information content (AvgIpc) is 3.29. The van der Waals surface area contributed by atoms with Crippen LogP contribution < -0.4 is 5.32 Å². The summed E-state index contributed by atoms with van der Waals surface area (Å²) in [6, 6.07) is 12.5. The molecular formula is C21H21ClN2O2S. The Labute approximate surface area is 167 Å². The molecule has 3 unspecified atom stereocenters. The largest absolute Gasteiger partial charge is 0.440 e. The molecule has 140 valence electrons. The predicted molar refractivity (Wildman–Crippen MR) is 107 cm³/mol. The van der Waals surface area contributed by atoms with E-state index >= 15 is 0 Å². The average molecular weight is 401 g/mol. The van der Waals surface area contributed by atoms with Crippen LogP contribution in [0.25, 0.3) is 11.5 Å². The van der Waals surface area contributed by atoms with Gasteiger partial charge in [0, 0.05) is 22.9 Å². The number of hydrogen-bond donors (Lipinski definition) is 1. The van der Waals surface area contributed by atoms with Crippen molar-refractivity contribution in [2.45, 2.75) is 43.9 Å². The zero-order valence-corrected chi connectivity index (χ0v) is 16.6. The summed E-state index contributed by atoms with van der Waals surface area (Å²) in [5.41, 5.74) is 2.04. The zero-order valence-electron chi connectivity index (χ0n) is 15.1. The number of ether oxygens (including phenoxy) is 1. The van der Waals surface area contributed by atoms with Crippen molar-refractivity contribution >= 4 is 22.9 Å². The summed E-state index contributed by atoms with van der Waals surface area (Å²) in [6.45, 7) is 2.94. The molecule has 0 amide bonds. The molecule has 2 aliphatic heterocycles. The molecule has 6 heteroatoms.